The van der Waals surface area contributed by atoms with Gasteiger partial charge in [0.15, 0.2) is 0 Å². The minimum atomic E-state index is 0.359. The van der Waals surface area contributed by atoms with E-state index in [1.165, 1.54) is 45.1 Å². The number of hydrogen-bond acceptors (Lipinski definition) is 3. The Kier molecular flexibility index (Phi) is 3.81. The number of rotatable bonds is 4. The van der Waals surface area contributed by atoms with Crippen LogP contribution >= 0.6 is 0 Å². The molecule has 3 aliphatic rings. The molecule has 0 aromatic heterocycles. The molecule has 3 rings (SSSR count). The highest BCUT2D eigenvalue weighted by atomic mass is 16.2. The number of likely N-dealkylation sites (tertiary alicyclic amines) is 2. The average molecular weight is 265 g/mol. The van der Waals surface area contributed by atoms with E-state index >= 15 is 0 Å². The largest absolute Gasteiger partial charge is 0.337 e. The molecule has 0 unspecified atom stereocenters. The second-order valence-electron chi connectivity index (χ2n) is 6.63. The standard InChI is InChI=1S/C15H27N3O/c1-16-9-3-5-13(16)14-6-4-10-18(14)15(19)11-17(2)12-7-8-12/h12-14H,3-11H2,1-2H3/t13-,14+/m1/s1. The van der Waals surface area contributed by atoms with Gasteiger partial charge < -0.3 is 9.80 Å². The summed E-state index contributed by atoms with van der Waals surface area (Å²) in [4.78, 5) is 19.4. The predicted molar refractivity (Wildman–Crippen MR) is 76.0 cm³/mol. The van der Waals surface area contributed by atoms with Crippen LogP contribution in [0, 0.1) is 0 Å². The maximum absolute atomic E-state index is 12.5. The predicted octanol–water partition coefficient (Wildman–Crippen LogP) is 1.17. The van der Waals surface area contributed by atoms with Gasteiger partial charge in [-0.05, 0) is 59.2 Å². The van der Waals surface area contributed by atoms with Crippen LogP contribution in [0.3, 0.4) is 0 Å². The van der Waals surface area contributed by atoms with Gasteiger partial charge in [-0.15, -0.1) is 0 Å². The molecule has 0 bridgehead atoms. The van der Waals surface area contributed by atoms with Gasteiger partial charge in [-0.2, -0.15) is 0 Å². The molecule has 4 nitrogen and oxygen atoms in total. The SMILES string of the molecule is CN(CC(=O)N1CCC[C@H]1[C@H]1CCCN1C)C1CC1. The summed E-state index contributed by atoms with van der Waals surface area (Å²) >= 11 is 0. The molecule has 3 fully saturated rings. The van der Waals surface area contributed by atoms with E-state index in [1.807, 2.05) is 0 Å². The fourth-order valence-corrected chi connectivity index (χ4v) is 3.87. The molecule has 0 aromatic rings. The number of amides is 1. The minimum absolute atomic E-state index is 0.359. The second kappa shape index (κ2) is 5.41. The number of carbonyl (C=O) groups is 1. The van der Waals surface area contributed by atoms with Gasteiger partial charge in [-0.25, -0.2) is 0 Å². The average Bonchev–Trinajstić information content (AvgIpc) is 2.97. The molecule has 4 heteroatoms. The van der Waals surface area contributed by atoms with E-state index in [0.29, 0.717) is 30.6 Å². The van der Waals surface area contributed by atoms with Gasteiger partial charge in [0.2, 0.25) is 5.91 Å². The quantitative estimate of drug-likeness (QED) is 0.763. The molecular formula is C15H27N3O. The lowest BCUT2D eigenvalue weighted by atomic mass is 10.0. The van der Waals surface area contributed by atoms with E-state index < -0.39 is 0 Å². The number of carbonyl (C=O) groups excluding carboxylic acids is 1. The first-order valence-electron chi connectivity index (χ1n) is 7.87. The summed E-state index contributed by atoms with van der Waals surface area (Å²) in [6, 6.07) is 1.77. The molecule has 108 valence electrons. The summed E-state index contributed by atoms with van der Waals surface area (Å²) in [5.74, 6) is 0.359. The van der Waals surface area contributed by atoms with E-state index in [9.17, 15) is 4.79 Å². The summed E-state index contributed by atoms with van der Waals surface area (Å²) < 4.78 is 0. The van der Waals surface area contributed by atoms with Crippen LogP contribution in [0.4, 0.5) is 0 Å². The third kappa shape index (κ3) is 2.79. The molecule has 1 aliphatic carbocycles. The fourth-order valence-electron chi connectivity index (χ4n) is 3.87. The van der Waals surface area contributed by atoms with Gasteiger partial charge in [0.25, 0.3) is 0 Å². The Bertz CT molecular complexity index is 342. The Labute approximate surface area is 116 Å². The van der Waals surface area contributed by atoms with Crippen LogP contribution in [0.25, 0.3) is 0 Å². The van der Waals surface area contributed by atoms with Gasteiger partial charge in [0, 0.05) is 24.7 Å². The van der Waals surface area contributed by atoms with Crippen LogP contribution < -0.4 is 0 Å². The maximum Gasteiger partial charge on any atom is 0.237 e. The normalized spacial score (nSPS) is 32.5. The number of hydrogen-bond donors (Lipinski definition) is 0. The minimum Gasteiger partial charge on any atom is -0.337 e. The van der Waals surface area contributed by atoms with Gasteiger partial charge >= 0.3 is 0 Å². The Morgan fingerprint density at radius 1 is 1.11 bits per heavy atom. The smallest absolute Gasteiger partial charge is 0.237 e. The van der Waals surface area contributed by atoms with Crippen molar-refractivity contribution in [2.75, 3.05) is 33.7 Å². The van der Waals surface area contributed by atoms with Crippen molar-refractivity contribution in [3.8, 4) is 0 Å². The zero-order valence-corrected chi connectivity index (χ0v) is 12.3. The maximum atomic E-state index is 12.5. The molecule has 2 atom stereocenters. The summed E-state index contributed by atoms with van der Waals surface area (Å²) in [5.41, 5.74) is 0. The van der Waals surface area contributed by atoms with Gasteiger partial charge in [0.05, 0.1) is 6.54 Å². The summed E-state index contributed by atoms with van der Waals surface area (Å²) in [7, 11) is 4.32. The molecule has 1 saturated carbocycles. The Balaban J connectivity index is 1.60. The van der Waals surface area contributed by atoms with Crippen molar-refractivity contribution in [3.63, 3.8) is 0 Å². The molecule has 2 aliphatic heterocycles. The van der Waals surface area contributed by atoms with Crippen LogP contribution in [0.5, 0.6) is 0 Å². The molecule has 0 radical (unpaired) electrons. The Hall–Kier alpha value is -0.610. The highest BCUT2D eigenvalue weighted by molar-refractivity contribution is 5.79. The summed E-state index contributed by atoms with van der Waals surface area (Å²) in [5, 5.41) is 0. The monoisotopic (exact) mass is 265 g/mol. The molecular weight excluding hydrogens is 238 g/mol. The number of nitrogens with zero attached hydrogens (tertiary/aromatic N) is 3. The highest BCUT2D eigenvalue weighted by Crippen LogP contribution is 2.30. The van der Waals surface area contributed by atoms with E-state index in [4.69, 9.17) is 0 Å². The zero-order valence-electron chi connectivity index (χ0n) is 12.3. The van der Waals surface area contributed by atoms with E-state index in [0.717, 1.165) is 6.54 Å². The first-order chi connectivity index (χ1) is 9.16. The molecule has 0 aromatic carbocycles. The molecule has 1 amide bonds. The molecule has 2 saturated heterocycles. The number of likely N-dealkylation sites (N-methyl/N-ethyl adjacent to an activating group) is 2. The summed E-state index contributed by atoms with van der Waals surface area (Å²) in [6.07, 6.45) is 7.50. The summed E-state index contributed by atoms with van der Waals surface area (Å²) in [6.45, 7) is 2.80. The van der Waals surface area contributed by atoms with E-state index in [-0.39, 0.29) is 0 Å². The zero-order chi connectivity index (χ0) is 13.4. The Morgan fingerprint density at radius 2 is 1.79 bits per heavy atom. The van der Waals surface area contributed by atoms with Crippen molar-refractivity contribution >= 4 is 5.91 Å². The third-order valence-electron chi connectivity index (χ3n) is 5.20. The van der Waals surface area contributed by atoms with Gasteiger partial charge in [0.1, 0.15) is 0 Å². The van der Waals surface area contributed by atoms with Gasteiger partial charge in [-0.3, -0.25) is 9.69 Å². The van der Waals surface area contributed by atoms with Crippen molar-refractivity contribution in [1.82, 2.24) is 14.7 Å². The van der Waals surface area contributed by atoms with E-state index in [1.54, 1.807) is 0 Å². The van der Waals surface area contributed by atoms with E-state index in [2.05, 4.69) is 28.8 Å². The fraction of sp³-hybridized carbons (Fsp3) is 0.933. The topological polar surface area (TPSA) is 26.8 Å². The Morgan fingerprint density at radius 3 is 2.42 bits per heavy atom. The lowest BCUT2D eigenvalue weighted by Gasteiger charge is -2.34. The second-order valence-corrected chi connectivity index (χ2v) is 6.63. The van der Waals surface area contributed by atoms with Crippen LogP contribution in [-0.2, 0) is 4.79 Å². The van der Waals surface area contributed by atoms with Crippen molar-refractivity contribution in [1.29, 1.82) is 0 Å². The van der Waals surface area contributed by atoms with Crippen LogP contribution in [0.15, 0.2) is 0 Å². The van der Waals surface area contributed by atoms with Gasteiger partial charge in [-0.1, -0.05) is 0 Å². The van der Waals surface area contributed by atoms with Crippen LogP contribution in [0.2, 0.25) is 0 Å². The van der Waals surface area contributed by atoms with Crippen molar-refractivity contribution in [2.24, 2.45) is 0 Å². The molecule has 0 spiro atoms. The lowest BCUT2D eigenvalue weighted by molar-refractivity contribution is -0.134. The molecule has 19 heavy (non-hydrogen) atoms. The van der Waals surface area contributed by atoms with Crippen molar-refractivity contribution in [2.45, 2.75) is 56.7 Å². The van der Waals surface area contributed by atoms with Crippen molar-refractivity contribution in [3.05, 3.63) is 0 Å². The third-order valence-corrected chi connectivity index (χ3v) is 5.20. The first kappa shape index (κ1) is 13.4. The first-order valence-corrected chi connectivity index (χ1v) is 7.87. The molecule has 0 N–H and O–H groups in total. The molecule has 2 heterocycles. The highest BCUT2D eigenvalue weighted by Gasteiger charge is 2.39. The van der Waals surface area contributed by atoms with Crippen molar-refractivity contribution < 1.29 is 4.79 Å². The van der Waals surface area contributed by atoms with Crippen LogP contribution in [0.1, 0.15) is 38.5 Å². The lowest BCUT2D eigenvalue weighted by Crippen LogP contribution is -2.49. The van der Waals surface area contributed by atoms with Crippen LogP contribution in [-0.4, -0.2) is 72.5 Å².